The van der Waals surface area contributed by atoms with Gasteiger partial charge in [0.2, 0.25) is 11.8 Å². The molecule has 30 heavy (non-hydrogen) atoms. The first-order valence-corrected chi connectivity index (χ1v) is 10.1. The maximum absolute atomic E-state index is 13.2. The minimum absolute atomic E-state index is 0.0182. The van der Waals surface area contributed by atoms with E-state index in [1.165, 1.54) is 4.90 Å². The number of amides is 2. The first-order chi connectivity index (χ1) is 14.4. The molecule has 0 spiro atoms. The Labute approximate surface area is 175 Å². The third-order valence-electron chi connectivity index (χ3n) is 5.80. The van der Waals surface area contributed by atoms with Crippen LogP contribution in [0.5, 0.6) is 5.75 Å². The van der Waals surface area contributed by atoms with E-state index in [1.54, 1.807) is 38.3 Å². The first kappa shape index (κ1) is 21.8. The number of β-amino-alcohol motifs (C(OH)–C–C–N with tert-alkyl or cyclic N) is 1. The number of nitrogens with zero attached hydrogens (tertiary/aromatic N) is 1. The number of methoxy groups -OCH3 is 1. The molecule has 0 radical (unpaired) electrons. The molecule has 162 valence electrons. The molecule has 8 nitrogen and oxygen atoms in total. The lowest BCUT2D eigenvalue weighted by molar-refractivity contribution is -0.155. The molecular formula is C22H28N2O6. The molecule has 5 atom stereocenters. The third kappa shape index (κ3) is 4.05. The van der Waals surface area contributed by atoms with Crippen molar-refractivity contribution in [3.05, 3.63) is 36.4 Å². The highest BCUT2D eigenvalue weighted by molar-refractivity contribution is 6.01. The molecule has 0 bridgehead atoms. The van der Waals surface area contributed by atoms with Gasteiger partial charge in [0.25, 0.3) is 0 Å². The predicted molar refractivity (Wildman–Crippen MR) is 110 cm³/mol. The molecule has 1 aromatic carbocycles. The largest absolute Gasteiger partial charge is 0.497 e. The van der Waals surface area contributed by atoms with Crippen molar-refractivity contribution >= 4 is 23.5 Å². The Hall–Kier alpha value is -2.87. The number of aliphatic hydroxyl groups excluding tert-OH is 1. The van der Waals surface area contributed by atoms with E-state index < -0.39 is 29.8 Å². The number of carbonyl (C=O) groups excluding carboxylic acids is 3. The van der Waals surface area contributed by atoms with Gasteiger partial charge < -0.3 is 24.8 Å². The third-order valence-corrected chi connectivity index (χ3v) is 5.80. The number of fused-ring (bicyclic) bond motifs is 1. The lowest BCUT2D eigenvalue weighted by Crippen LogP contribution is -2.45. The van der Waals surface area contributed by atoms with Gasteiger partial charge in [-0.25, -0.2) is 0 Å². The molecule has 1 aliphatic heterocycles. The lowest BCUT2D eigenvalue weighted by atomic mass is 9.70. The summed E-state index contributed by atoms with van der Waals surface area (Å²) < 4.78 is 10.3. The molecule has 1 fully saturated rings. The van der Waals surface area contributed by atoms with E-state index in [2.05, 4.69) is 5.32 Å². The summed E-state index contributed by atoms with van der Waals surface area (Å²) in [6.07, 6.45) is 3.71. The number of likely N-dealkylation sites (tertiary alicyclic amines) is 1. The summed E-state index contributed by atoms with van der Waals surface area (Å²) >= 11 is 0. The van der Waals surface area contributed by atoms with E-state index in [-0.39, 0.29) is 37.5 Å². The SMILES string of the molecule is CCOC(=O)[C@H]1[C@@H]2C(=O)N(CCO)[C@H](C(=O)Nc3ccc(OC)cc3)[C@H]2C=C[C@H]1C. The normalized spacial score (nSPS) is 27.5. The van der Waals surface area contributed by atoms with Gasteiger partial charge in [-0.15, -0.1) is 0 Å². The molecule has 8 heteroatoms. The van der Waals surface area contributed by atoms with E-state index in [1.807, 2.05) is 19.1 Å². The van der Waals surface area contributed by atoms with Gasteiger partial charge in [0.05, 0.1) is 32.2 Å². The van der Waals surface area contributed by atoms with Crippen LogP contribution in [0, 0.1) is 23.7 Å². The highest BCUT2D eigenvalue weighted by Crippen LogP contribution is 2.44. The molecular weight excluding hydrogens is 388 g/mol. The van der Waals surface area contributed by atoms with Crippen LogP contribution in [0.3, 0.4) is 0 Å². The van der Waals surface area contributed by atoms with Crippen LogP contribution in [-0.2, 0) is 19.1 Å². The van der Waals surface area contributed by atoms with Gasteiger partial charge in [-0.3, -0.25) is 14.4 Å². The number of aliphatic hydroxyl groups is 1. The van der Waals surface area contributed by atoms with Crippen LogP contribution < -0.4 is 10.1 Å². The van der Waals surface area contributed by atoms with Crippen LogP contribution in [0.25, 0.3) is 0 Å². The monoisotopic (exact) mass is 416 g/mol. The molecule has 1 aromatic rings. The second-order valence-corrected chi connectivity index (χ2v) is 7.54. The van der Waals surface area contributed by atoms with Gasteiger partial charge in [-0.1, -0.05) is 19.1 Å². The van der Waals surface area contributed by atoms with Gasteiger partial charge in [-0.2, -0.15) is 0 Å². The van der Waals surface area contributed by atoms with Crippen molar-refractivity contribution in [3.8, 4) is 5.75 Å². The highest BCUT2D eigenvalue weighted by atomic mass is 16.5. The number of nitrogens with one attached hydrogen (secondary N) is 1. The second kappa shape index (κ2) is 9.30. The zero-order valence-corrected chi connectivity index (χ0v) is 17.4. The average Bonchev–Trinajstić information content (AvgIpc) is 3.01. The van der Waals surface area contributed by atoms with Gasteiger partial charge in [0, 0.05) is 18.2 Å². The second-order valence-electron chi connectivity index (χ2n) is 7.54. The molecule has 0 unspecified atom stereocenters. The Bertz CT molecular complexity index is 821. The number of benzene rings is 1. The number of rotatable bonds is 7. The molecule has 0 saturated carbocycles. The summed E-state index contributed by atoms with van der Waals surface area (Å²) in [6, 6.07) is 6.05. The predicted octanol–water partition coefficient (Wildman–Crippen LogP) is 1.45. The number of hydrogen-bond acceptors (Lipinski definition) is 6. The summed E-state index contributed by atoms with van der Waals surface area (Å²) in [4.78, 5) is 40.4. The summed E-state index contributed by atoms with van der Waals surface area (Å²) in [5.41, 5.74) is 0.566. The molecule has 2 N–H and O–H groups in total. The van der Waals surface area contributed by atoms with Crippen LogP contribution in [-0.4, -0.2) is 60.7 Å². The van der Waals surface area contributed by atoms with Crippen molar-refractivity contribution in [1.29, 1.82) is 0 Å². The molecule has 0 aromatic heterocycles. The van der Waals surface area contributed by atoms with Crippen molar-refractivity contribution in [1.82, 2.24) is 4.90 Å². The number of anilines is 1. The smallest absolute Gasteiger partial charge is 0.310 e. The van der Waals surface area contributed by atoms with E-state index in [9.17, 15) is 19.5 Å². The molecule has 1 heterocycles. The van der Waals surface area contributed by atoms with E-state index >= 15 is 0 Å². The van der Waals surface area contributed by atoms with E-state index in [0.29, 0.717) is 11.4 Å². The van der Waals surface area contributed by atoms with Crippen molar-refractivity contribution in [3.63, 3.8) is 0 Å². The number of allylic oxidation sites excluding steroid dienone is 1. The fraction of sp³-hybridized carbons (Fsp3) is 0.500. The number of ether oxygens (including phenoxy) is 2. The summed E-state index contributed by atoms with van der Waals surface area (Å²) in [5.74, 6) is -2.46. The Morgan fingerprint density at radius 1 is 1.20 bits per heavy atom. The minimum Gasteiger partial charge on any atom is -0.497 e. The van der Waals surface area contributed by atoms with Gasteiger partial charge in [-0.05, 0) is 37.1 Å². The van der Waals surface area contributed by atoms with Crippen molar-refractivity contribution < 1.29 is 29.0 Å². The van der Waals surface area contributed by atoms with Crippen LogP contribution in [0.4, 0.5) is 5.69 Å². The van der Waals surface area contributed by atoms with Crippen molar-refractivity contribution in [2.45, 2.75) is 19.9 Å². The summed E-state index contributed by atoms with van der Waals surface area (Å²) in [7, 11) is 1.56. The van der Waals surface area contributed by atoms with E-state index in [4.69, 9.17) is 9.47 Å². The molecule has 1 saturated heterocycles. The van der Waals surface area contributed by atoms with Crippen LogP contribution in [0.15, 0.2) is 36.4 Å². The first-order valence-electron chi connectivity index (χ1n) is 10.1. The van der Waals surface area contributed by atoms with Gasteiger partial charge in [0.15, 0.2) is 0 Å². The zero-order valence-electron chi connectivity index (χ0n) is 17.4. The Kier molecular flexibility index (Phi) is 6.77. The van der Waals surface area contributed by atoms with E-state index in [0.717, 1.165) is 0 Å². The summed E-state index contributed by atoms with van der Waals surface area (Å²) in [5, 5.41) is 12.3. The highest BCUT2D eigenvalue weighted by Gasteiger charge is 2.56. The number of hydrogen-bond donors (Lipinski definition) is 2. The summed E-state index contributed by atoms with van der Waals surface area (Å²) in [6.45, 7) is 3.55. The standard InChI is InChI=1S/C22H28N2O6/c1-4-30-22(28)17-13(2)5-10-16-18(17)21(27)24(11-12-25)19(16)20(26)23-14-6-8-15(29-3)9-7-14/h5-10,13,16-19,25H,4,11-12H2,1-3H3,(H,23,26)/t13-,16+,17-,18-,19+/m1/s1. The topological polar surface area (TPSA) is 105 Å². The number of esters is 1. The Balaban J connectivity index is 1.90. The van der Waals surface area contributed by atoms with Crippen LogP contribution in [0.2, 0.25) is 0 Å². The Morgan fingerprint density at radius 2 is 1.90 bits per heavy atom. The fourth-order valence-electron chi connectivity index (χ4n) is 4.43. The van der Waals surface area contributed by atoms with Gasteiger partial charge >= 0.3 is 5.97 Å². The average molecular weight is 416 g/mol. The van der Waals surface area contributed by atoms with Crippen LogP contribution in [0.1, 0.15) is 13.8 Å². The van der Waals surface area contributed by atoms with Crippen molar-refractivity contribution in [2.24, 2.45) is 23.7 Å². The fourth-order valence-corrected chi connectivity index (χ4v) is 4.43. The maximum Gasteiger partial charge on any atom is 0.310 e. The quantitative estimate of drug-likeness (QED) is 0.515. The molecule has 3 rings (SSSR count). The zero-order chi connectivity index (χ0) is 21.8. The Morgan fingerprint density at radius 3 is 2.50 bits per heavy atom. The molecule has 2 aliphatic rings. The lowest BCUT2D eigenvalue weighted by Gasteiger charge is -2.32. The number of carbonyl (C=O) groups is 3. The van der Waals surface area contributed by atoms with Crippen molar-refractivity contribution in [2.75, 3.05) is 32.2 Å². The van der Waals surface area contributed by atoms with Crippen LogP contribution >= 0.6 is 0 Å². The molecule has 2 amide bonds. The maximum atomic E-state index is 13.2. The van der Waals surface area contributed by atoms with Gasteiger partial charge in [0.1, 0.15) is 11.8 Å². The minimum atomic E-state index is -0.822. The molecule has 1 aliphatic carbocycles.